The van der Waals surface area contributed by atoms with Crippen LogP contribution in [0.4, 0.5) is 10.1 Å². The van der Waals surface area contributed by atoms with Gasteiger partial charge in [-0.2, -0.15) is 0 Å². The van der Waals surface area contributed by atoms with E-state index in [4.69, 9.17) is 9.47 Å². The lowest BCUT2D eigenvalue weighted by Gasteiger charge is -2.11. The maximum atomic E-state index is 12.8. The van der Waals surface area contributed by atoms with Gasteiger partial charge in [0.05, 0.1) is 19.9 Å². The Bertz CT molecular complexity index is 611. The van der Waals surface area contributed by atoms with Crippen molar-refractivity contribution in [3.05, 3.63) is 53.8 Å². The van der Waals surface area contributed by atoms with E-state index in [2.05, 4.69) is 5.32 Å². The Labute approximate surface area is 116 Å². The van der Waals surface area contributed by atoms with Gasteiger partial charge in [-0.3, -0.25) is 4.79 Å². The normalized spacial score (nSPS) is 9.95. The van der Waals surface area contributed by atoms with Crippen molar-refractivity contribution in [2.75, 3.05) is 19.5 Å². The summed E-state index contributed by atoms with van der Waals surface area (Å²) in [6.07, 6.45) is 0. The minimum absolute atomic E-state index is 0.339. The van der Waals surface area contributed by atoms with Crippen molar-refractivity contribution in [3.63, 3.8) is 0 Å². The van der Waals surface area contributed by atoms with E-state index in [0.717, 1.165) is 0 Å². The molecule has 0 aliphatic heterocycles. The molecule has 0 atom stereocenters. The molecule has 1 amide bonds. The number of halogens is 1. The highest BCUT2D eigenvalue weighted by Crippen LogP contribution is 2.29. The third-order valence-corrected chi connectivity index (χ3v) is 2.76. The molecule has 2 aromatic rings. The molecule has 0 aromatic heterocycles. The number of benzene rings is 2. The highest BCUT2D eigenvalue weighted by molar-refractivity contribution is 6.05. The zero-order chi connectivity index (χ0) is 14.5. The van der Waals surface area contributed by atoms with E-state index in [-0.39, 0.29) is 11.7 Å². The number of anilines is 1. The lowest BCUT2D eigenvalue weighted by molar-refractivity contribution is 0.102. The van der Waals surface area contributed by atoms with Crippen LogP contribution >= 0.6 is 0 Å². The maximum Gasteiger partial charge on any atom is 0.255 e. The quantitative estimate of drug-likeness (QED) is 0.932. The largest absolute Gasteiger partial charge is 0.497 e. The van der Waals surface area contributed by atoms with Gasteiger partial charge in [0.2, 0.25) is 0 Å². The summed E-state index contributed by atoms with van der Waals surface area (Å²) in [7, 11) is 3.05. The molecule has 0 spiro atoms. The van der Waals surface area contributed by atoms with Crippen LogP contribution in [0, 0.1) is 5.82 Å². The number of methoxy groups -OCH3 is 2. The highest BCUT2D eigenvalue weighted by atomic mass is 19.1. The molecule has 5 heteroatoms. The molecule has 0 aliphatic rings. The van der Waals surface area contributed by atoms with Crippen LogP contribution < -0.4 is 14.8 Å². The van der Waals surface area contributed by atoms with Crippen LogP contribution in [0.2, 0.25) is 0 Å². The number of rotatable bonds is 4. The second-order valence-corrected chi connectivity index (χ2v) is 4.03. The van der Waals surface area contributed by atoms with Gasteiger partial charge in [0.25, 0.3) is 5.91 Å². The lowest BCUT2D eigenvalue weighted by Crippen LogP contribution is -2.12. The number of amides is 1. The van der Waals surface area contributed by atoms with Crippen LogP contribution in [-0.4, -0.2) is 20.1 Å². The molecule has 2 aromatic carbocycles. The Balaban J connectivity index is 2.21. The Morgan fingerprint density at radius 3 is 2.35 bits per heavy atom. The molecule has 0 unspecified atom stereocenters. The summed E-state index contributed by atoms with van der Waals surface area (Å²) in [5.41, 5.74) is 0.881. The summed E-state index contributed by atoms with van der Waals surface area (Å²) < 4.78 is 23.1. The second-order valence-electron chi connectivity index (χ2n) is 4.03. The zero-order valence-corrected chi connectivity index (χ0v) is 11.1. The molecule has 104 valence electrons. The van der Waals surface area contributed by atoms with Crippen molar-refractivity contribution in [2.24, 2.45) is 0 Å². The fraction of sp³-hybridized carbons (Fsp3) is 0.133. The monoisotopic (exact) mass is 275 g/mol. The van der Waals surface area contributed by atoms with Gasteiger partial charge in [0.15, 0.2) is 0 Å². The van der Waals surface area contributed by atoms with Crippen molar-refractivity contribution in [1.29, 1.82) is 0 Å². The van der Waals surface area contributed by atoms with Gasteiger partial charge in [0.1, 0.15) is 17.3 Å². The molecule has 0 saturated carbocycles. The number of nitrogens with one attached hydrogen (secondary N) is 1. The third-order valence-electron chi connectivity index (χ3n) is 2.76. The minimum atomic E-state index is -0.386. The van der Waals surface area contributed by atoms with Crippen LogP contribution in [0.1, 0.15) is 10.4 Å². The summed E-state index contributed by atoms with van der Waals surface area (Å²) >= 11 is 0. The van der Waals surface area contributed by atoms with Gasteiger partial charge >= 0.3 is 0 Å². The van der Waals surface area contributed by atoms with E-state index in [1.807, 2.05) is 0 Å². The van der Waals surface area contributed by atoms with Crippen molar-refractivity contribution in [3.8, 4) is 11.5 Å². The molecule has 4 nitrogen and oxygen atoms in total. The van der Waals surface area contributed by atoms with E-state index in [1.54, 1.807) is 25.3 Å². The molecule has 20 heavy (non-hydrogen) atoms. The number of ether oxygens (including phenoxy) is 2. The highest BCUT2D eigenvalue weighted by Gasteiger charge is 2.10. The summed E-state index contributed by atoms with van der Waals surface area (Å²) in [5.74, 6) is 0.387. The van der Waals surface area contributed by atoms with Gasteiger partial charge in [-0.25, -0.2) is 4.39 Å². The first kappa shape index (κ1) is 13.9. The van der Waals surface area contributed by atoms with Gasteiger partial charge in [-0.15, -0.1) is 0 Å². The van der Waals surface area contributed by atoms with Crippen LogP contribution in [0.3, 0.4) is 0 Å². The number of hydrogen-bond acceptors (Lipinski definition) is 3. The molecule has 0 heterocycles. The first-order valence-electron chi connectivity index (χ1n) is 5.93. The number of carbonyl (C=O) groups excluding carboxylic acids is 1. The minimum Gasteiger partial charge on any atom is -0.497 e. The molecule has 2 rings (SSSR count). The molecule has 0 aliphatic carbocycles. The fourth-order valence-corrected chi connectivity index (χ4v) is 1.70. The van der Waals surface area contributed by atoms with Crippen molar-refractivity contribution < 1.29 is 18.7 Å². The van der Waals surface area contributed by atoms with Crippen LogP contribution in [0.25, 0.3) is 0 Å². The maximum absolute atomic E-state index is 12.8. The summed E-state index contributed by atoms with van der Waals surface area (Å²) in [6.45, 7) is 0. The molecular formula is C15H14FNO3. The fourth-order valence-electron chi connectivity index (χ4n) is 1.70. The smallest absolute Gasteiger partial charge is 0.255 e. The van der Waals surface area contributed by atoms with Crippen molar-refractivity contribution in [2.45, 2.75) is 0 Å². The molecule has 0 saturated heterocycles. The Kier molecular flexibility index (Phi) is 4.20. The Morgan fingerprint density at radius 2 is 1.75 bits per heavy atom. The predicted molar refractivity (Wildman–Crippen MR) is 73.9 cm³/mol. The topological polar surface area (TPSA) is 47.6 Å². The van der Waals surface area contributed by atoms with Crippen molar-refractivity contribution >= 4 is 11.6 Å². The zero-order valence-electron chi connectivity index (χ0n) is 11.1. The van der Waals surface area contributed by atoms with Crippen LogP contribution in [0.5, 0.6) is 11.5 Å². The van der Waals surface area contributed by atoms with Gasteiger partial charge in [-0.05, 0) is 36.4 Å². The third kappa shape index (κ3) is 3.06. The number of carbonyl (C=O) groups is 1. The van der Waals surface area contributed by atoms with E-state index < -0.39 is 0 Å². The van der Waals surface area contributed by atoms with Crippen LogP contribution in [-0.2, 0) is 0 Å². The predicted octanol–water partition coefficient (Wildman–Crippen LogP) is 3.10. The Morgan fingerprint density at radius 1 is 1.05 bits per heavy atom. The SMILES string of the molecule is COc1ccc(NC(=O)c2ccc(F)cc2)c(OC)c1. The average Bonchev–Trinajstić information content (AvgIpc) is 2.48. The second kappa shape index (κ2) is 6.06. The van der Waals surface area contributed by atoms with Crippen molar-refractivity contribution in [1.82, 2.24) is 0 Å². The first-order chi connectivity index (χ1) is 9.63. The molecule has 0 radical (unpaired) electrons. The lowest BCUT2D eigenvalue weighted by atomic mass is 10.2. The summed E-state index contributed by atoms with van der Waals surface area (Å²) in [4.78, 5) is 12.0. The molecular weight excluding hydrogens is 261 g/mol. The summed E-state index contributed by atoms with van der Waals surface area (Å²) in [6, 6.07) is 10.4. The summed E-state index contributed by atoms with van der Waals surface area (Å²) in [5, 5.41) is 2.71. The Hall–Kier alpha value is -2.56. The van der Waals surface area contributed by atoms with E-state index >= 15 is 0 Å². The standard InChI is InChI=1S/C15H14FNO3/c1-19-12-7-8-13(14(9-12)20-2)17-15(18)10-3-5-11(16)6-4-10/h3-9H,1-2H3,(H,17,18). The van der Waals surface area contributed by atoms with Gasteiger partial charge in [0, 0.05) is 11.6 Å². The van der Waals surface area contributed by atoms with Gasteiger partial charge in [-0.1, -0.05) is 0 Å². The molecule has 0 fully saturated rings. The molecule has 0 bridgehead atoms. The van der Waals surface area contributed by atoms with Crippen LogP contribution in [0.15, 0.2) is 42.5 Å². The first-order valence-corrected chi connectivity index (χ1v) is 5.93. The molecule has 1 N–H and O–H groups in total. The van der Waals surface area contributed by atoms with Gasteiger partial charge < -0.3 is 14.8 Å². The number of hydrogen-bond donors (Lipinski definition) is 1. The van der Waals surface area contributed by atoms with E-state index in [1.165, 1.54) is 31.4 Å². The average molecular weight is 275 g/mol. The van der Waals surface area contributed by atoms with E-state index in [9.17, 15) is 9.18 Å². The van der Waals surface area contributed by atoms with E-state index in [0.29, 0.717) is 22.7 Å².